The van der Waals surface area contributed by atoms with Gasteiger partial charge in [-0.05, 0) is 18.4 Å². The second-order valence-corrected chi connectivity index (χ2v) is 4.96. The zero-order valence-electron chi connectivity index (χ0n) is 11.7. The number of nitrogen functional groups attached to an aromatic ring is 1. The highest BCUT2D eigenvalue weighted by atomic mass is 19.4. The van der Waals surface area contributed by atoms with E-state index in [1.165, 1.54) is 0 Å². The molecule has 1 aliphatic rings. The van der Waals surface area contributed by atoms with Crippen molar-refractivity contribution in [2.45, 2.75) is 19.5 Å². The summed E-state index contributed by atoms with van der Waals surface area (Å²) in [5.41, 5.74) is -4.84. The van der Waals surface area contributed by atoms with Crippen LogP contribution >= 0.6 is 0 Å². The van der Waals surface area contributed by atoms with E-state index in [4.69, 9.17) is 11.1 Å². The molecule has 0 saturated carbocycles. The fourth-order valence-electron chi connectivity index (χ4n) is 2.22. The summed E-state index contributed by atoms with van der Waals surface area (Å²) in [6, 6.07) is 1.89. The predicted octanol–water partition coefficient (Wildman–Crippen LogP) is 1.37. The first-order chi connectivity index (χ1) is 10.6. The molecule has 0 bridgehead atoms. The number of hydrogen-bond donors (Lipinski definition) is 1. The SMILES string of the molecule is CC1CC(n2c(=O)cc(C(F)(F)F)n(N)c2=O)=C(F)C=C1C#N. The number of rotatable bonds is 1. The van der Waals surface area contributed by atoms with Crippen molar-refractivity contribution in [2.24, 2.45) is 5.92 Å². The van der Waals surface area contributed by atoms with Gasteiger partial charge in [0.05, 0.1) is 11.8 Å². The van der Waals surface area contributed by atoms with E-state index in [2.05, 4.69) is 0 Å². The van der Waals surface area contributed by atoms with Gasteiger partial charge in [-0.15, -0.1) is 0 Å². The molecule has 1 aliphatic carbocycles. The van der Waals surface area contributed by atoms with Crippen LogP contribution in [-0.2, 0) is 6.18 Å². The summed E-state index contributed by atoms with van der Waals surface area (Å²) >= 11 is 0. The van der Waals surface area contributed by atoms with Crippen LogP contribution in [-0.4, -0.2) is 9.24 Å². The summed E-state index contributed by atoms with van der Waals surface area (Å²) in [6.45, 7) is 1.55. The highest BCUT2D eigenvalue weighted by Gasteiger charge is 2.36. The Morgan fingerprint density at radius 2 is 2.00 bits per heavy atom. The molecule has 1 atom stereocenters. The molecule has 1 unspecified atom stereocenters. The fraction of sp³-hybridized carbons (Fsp3) is 0.308. The van der Waals surface area contributed by atoms with Gasteiger partial charge in [-0.2, -0.15) is 18.4 Å². The molecule has 0 radical (unpaired) electrons. The van der Waals surface area contributed by atoms with E-state index in [0.717, 1.165) is 6.08 Å². The Hall–Kier alpha value is -2.83. The maximum absolute atomic E-state index is 14.1. The number of nitrogens with zero attached hydrogens (tertiary/aromatic N) is 3. The lowest BCUT2D eigenvalue weighted by Gasteiger charge is -2.21. The Morgan fingerprint density at radius 3 is 2.52 bits per heavy atom. The summed E-state index contributed by atoms with van der Waals surface area (Å²) in [7, 11) is 0. The van der Waals surface area contributed by atoms with Crippen molar-refractivity contribution in [3.05, 3.63) is 50.1 Å². The highest BCUT2D eigenvalue weighted by Crippen LogP contribution is 2.31. The van der Waals surface area contributed by atoms with Crippen LogP contribution in [0, 0.1) is 17.2 Å². The smallest absolute Gasteiger partial charge is 0.335 e. The number of nitrogens with two attached hydrogens (primary N) is 1. The maximum Gasteiger partial charge on any atom is 0.433 e. The molecule has 0 spiro atoms. The molecule has 1 aromatic rings. The van der Waals surface area contributed by atoms with Crippen molar-refractivity contribution in [1.82, 2.24) is 9.24 Å². The van der Waals surface area contributed by atoms with E-state index in [0.29, 0.717) is 0 Å². The van der Waals surface area contributed by atoms with Gasteiger partial charge >= 0.3 is 11.9 Å². The van der Waals surface area contributed by atoms with Crippen molar-refractivity contribution >= 4 is 5.70 Å². The number of aromatic nitrogens is 2. The topological polar surface area (TPSA) is 93.8 Å². The minimum atomic E-state index is -5.01. The highest BCUT2D eigenvalue weighted by molar-refractivity contribution is 5.57. The summed E-state index contributed by atoms with van der Waals surface area (Å²) in [5, 5.41) is 8.83. The van der Waals surface area contributed by atoms with Gasteiger partial charge in [-0.25, -0.2) is 18.4 Å². The number of halogens is 4. The standard InChI is InChI=1S/C13H10F4N4O2/c1-6-2-9(8(14)3-7(6)5-18)20-11(22)4-10(13(15,16)17)21(19)12(20)23/h3-4,6H,2,19H2,1H3. The third kappa shape index (κ3) is 2.77. The third-order valence-electron chi connectivity index (χ3n) is 3.42. The van der Waals surface area contributed by atoms with Crippen molar-refractivity contribution in [1.29, 1.82) is 5.26 Å². The zero-order chi connectivity index (χ0) is 17.5. The Labute approximate surface area is 126 Å². The summed E-state index contributed by atoms with van der Waals surface area (Å²) < 4.78 is 52.1. The van der Waals surface area contributed by atoms with Crippen LogP contribution in [0.3, 0.4) is 0 Å². The minimum absolute atomic E-state index is 0.0966. The van der Waals surface area contributed by atoms with E-state index in [-0.39, 0.29) is 27.3 Å². The van der Waals surface area contributed by atoms with Gasteiger partial charge < -0.3 is 5.84 Å². The maximum atomic E-state index is 14.1. The average Bonchev–Trinajstić information content (AvgIpc) is 2.45. The average molecular weight is 330 g/mol. The molecule has 10 heteroatoms. The van der Waals surface area contributed by atoms with Crippen LogP contribution < -0.4 is 17.1 Å². The van der Waals surface area contributed by atoms with Crippen molar-refractivity contribution in [3.8, 4) is 6.07 Å². The monoisotopic (exact) mass is 330 g/mol. The van der Waals surface area contributed by atoms with Crippen LogP contribution in [0.2, 0.25) is 0 Å². The fourth-order valence-corrected chi connectivity index (χ4v) is 2.22. The third-order valence-corrected chi connectivity index (χ3v) is 3.42. The van der Waals surface area contributed by atoms with E-state index < -0.39 is 40.6 Å². The van der Waals surface area contributed by atoms with Gasteiger partial charge in [-0.1, -0.05) is 6.92 Å². The molecule has 2 N–H and O–H groups in total. The van der Waals surface area contributed by atoms with E-state index in [1.807, 2.05) is 0 Å². The van der Waals surface area contributed by atoms with Gasteiger partial charge in [0.2, 0.25) is 0 Å². The number of allylic oxidation sites excluding steroid dienone is 4. The second-order valence-electron chi connectivity index (χ2n) is 4.96. The summed E-state index contributed by atoms with van der Waals surface area (Å²) in [5.74, 6) is 3.54. The Balaban J connectivity index is 2.75. The molecular formula is C13H10F4N4O2. The Bertz CT molecular complexity index is 883. The molecule has 0 aliphatic heterocycles. The molecule has 0 amide bonds. The summed E-state index contributed by atoms with van der Waals surface area (Å²) in [4.78, 5) is 23.8. The normalized spacial score (nSPS) is 18.6. The number of nitriles is 1. The van der Waals surface area contributed by atoms with Crippen LogP contribution in [0.4, 0.5) is 17.6 Å². The molecule has 0 aromatic carbocycles. The molecular weight excluding hydrogens is 320 g/mol. The van der Waals surface area contributed by atoms with Gasteiger partial charge in [0.15, 0.2) is 5.69 Å². The lowest BCUT2D eigenvalue weighted by Crippen LogP contribution is -2.46. The zero-order valence-corrected chi connectivity index (χ0v) is 11.7. The van der Waals surface area contributed by atoms with E-state index >= 15 is 0 Å². The van der Waals surface area contributed by atoms with Crippen molar-refractivity contribution in [2.75, 3.05) is 5.84 Å². The summed E-state index contributed by atoms with van der Waals surface area (Å²) in [6.07, 6.45) is -4.37. The van der Waals surface area contributed by atoms with Crippen LogP contribution in [0.15, 0.2) is 33.1 Å². The Kier molecular flexibility index (Phi) is 3.90. The number of alkyl halides is 3. The Morgan fingerprint density at radius 1 is 1.39 bits per heavy atom. The molecule has 0 saturated heterocycles. The van der Waals surface area contributed by atoms with E-state index in [9.17, 15) is 27.2 Å². The second kappa shape index (κ2) is 5.42. The molecule has 2 rings (SSSR count). The quantitative estimate of drug-likeness (QED) is 0.621. The van der Waals surface area contributed by atoms with Crippen LogP contribution in [0.1, 0.15) is 19.0 Å². The first-order valence-corrected chi connectivity index (χ1v) is 6.30. The van der Waals surface area contributed by atoms with Gasteiger partial charge in [0.25, 0.3) is 5.56 Å². The lowest BCUT2D eigenvalue weighted by atomic mass is 9.91. The molecule has 0 fully saturated rings. The van der Waals surface area contributed by atoms with Gasteiger partial charge in [0.1, 0.15) is 5.83 Å². The van der Waals surface area contributed by atoms with Crippen molar-refractivity contribution < 1.29 is 17.6 Å². The van der Waals surface area contributed by atoms with E-state index in [1.54, 1.807) is 13.0 Å². The van der Waals surface area contributed by atoms with Crippen LogP contribution in [0.5, 0.6) is 0 Å². The van der Waals surface area contributed by atoms with Gasteiger partial charge in [-0.3, -0.25) is 4.79 Å². The first-order valence-electron chi connectivity index (χ1n) is 6.30. The minimum Gasteiger partial charge on any atom is -0.335 e. The first kappa shape index (κ1) is 16.5. The lowest BCUT2D eigenvalue weighted by molar-refractivity contribution is -0.143. The number of hydrogen-bond acceptors (Lipinski definition) is 4. The molecule has 6 nitrogen and oxygen atoms in total. The van der Waals surface area contributed by atoms with Crippen molar-refractivity contribution in [3.63, 3.8) is 0 Å². The largest absolute Gasteiger partial charge is 0.433 e. The van der Waals surface area contributed by atoms with Crippen LogP contribution in [0.25, 0.3) is 5.70 Å². The molecule has 23 heavy (non-hydrogen) atoms. The van der Waals surface area contributed by atoms with Gasteiger partial charge in [0, 0.05) is 11.6 Å². The molecule has 1 heterocycles. The molecule has 1 aromatic heterocycles. The molecule has 122 valence electrons. The predicted molar refractivity (Wildman–Crippen MR) is 71.9 cm³/mol.